The zero-order valence-corrected chi connectivity index (χ0v) is 13.0. The van der Waals surface area contributed by atoms with Crippen LogP contribution in [0.2, 0.25) is 0 Å². The lowest BCUT2D eigenvalue weighted by atomic mass is 10.1. The van der Waals surface area contributed by atoms with Crippen LogP contribution in [0, 0.1) is 0 Å². The van der Waals surface area contributed by atoms with Crippen molar-refractivity contribution in [3.05, 3.63) is 29.8 Å². The summed E-state index contributed by atoms with van der Waals surface area (Å²) >= 11 is 1.02. The largest absolute Gasteiger partial charge is 0.497 e. The van der Waals surface area contributed by atoms with Crippen LogP contribution < -0.4 is 10.5 Å². The monoisotopic (exact) mass is 324 g/mol. The summed E-state index contributed by atoms with van der Waals surface area (Å²) in [4.78, 5) is 26.5. The molecule has 8 heteroatoms. The highest BCUT2D eigenvalue weighted by molar-refractivity contribution is 8.15. The van der Waals surface area contributed by atoms with E-state index in [1.54, 1.807) is 38.3 Å². The van der Waals surface area contributed by atoms with Crippen molar-refractivity contribution < 1.29 is 23.8 Å². The van der Waals surface area contributed by atoms with Gasteiger partial charge in [-0.15, -0.1) is 0 Å². The molecular weight excluding hydrogens is 308 g/mol. The zero-order valence-electron chi connectivity index (χ0n) is 12.1. The fraction of sp³-hybridized carbons (Fsp3) is 0.357. The first-order valence-electron chi connectivity index (χ1n) is 6.57. The van der Waals surface area contributed by atoms with Crippen molar-refractivity contribution in [1.29, 1.82) is 0 Å². The maximum Gasteiger partial charge on any atom is 0.342 e. The second-order valence-electron chi connectivity index (χ2n) is 4.32. The van der Waals surface area contributed by atoms with Crippen LogP contribution in [0.4, 0.5) is 4.79 Å². The maximum atomic E-state index is 12.1. The number of aliphatic imine (C=N–C) groups is 1. The first-order valence-corrected chi connectivity index (χ1v) is 7.45. The van der Waals surface area contributed by atoms with E-state index in [1.807, 2.05) is 0 Å². The number of benzene rings is 1. The van der Waals surface area contributed by atoms with E-state index < -0.39 is 23.4 Å². The van der Waals surface area contributed by atoms with E-state index in [0.29, 0.717) is 5.75 Å². The molecule has 0 bridgehead atoms. The first-order chi connectivity index (χ1) is 10.5. The maximum absolute atomic E-state index is 12.1. The number of esters is 1. The summed E-state index contributed by atoms with van der Waals surface area (Å²) in [7, 11) is 1.57. The van der Waals surface area contributed by atoms with Crippen molar-refractivity contribution in [3.63, 3.8) is 0 Å². The summed E-state index contributed by atoms with van der Waals surface area (Å²) in [6.45, 7) is 1.98. The minimum Gasteiger partial charge on any atom is -0.497 e. The highest BCUT2D eigenvalue weighted by Crippen LogP contribution is 2.40. The fourth-order valence-electron chi connectivity index (χ4n) is 1.94. The van der Waals surface area contributed by atoms with Crippen LogP contribution >= 0.6 is 11.8 Å². The Balaban J connectivity index is 2.27. The molecule has 7 nitrogen and oxygen atoms in total. The minimum atomic E-state index is -0.875. The second kappa shape index (κ2) is 7.17. The Bertz CT molecular complexity index is 587. The molecule has 1 fully saturated rings. The second-order valence-corrected chi connectivity index (χ2v) is 5.41. The molecule has 1 saturated heterocycles. The number of ether oxygens (including phenoxy) is 3. The summed E-state index contributed by atoms with van der Waals surface area (Å²) < 4.78 is 15.7. The Kier molecular flexibility index (Phi) is 5.26. The van der Waals surface area contributed by atoms with E-state index in [9.17, 15) is 9.59 Å². The zero-order chi connectivity index (χ0) is 16.1. The number of rotatable bonds is 4. The molecule has 0 spiro atoms. The Morgan fingerprint density at radius 1 is 1.36 bits per heavy atom. The van der Waals surface area contributed by atoms with Gasteiger partial charge in [-0.3, -0.25) is 4.79 Å². The van der Waals surface area contributed by atoms with Gasteiger partial charge in [0.25, 0.3) is 5.23 Å². The Morgan fingerprint density at radius 3 is 2.59 bits per heavy atom. The van der Waals surface area contributed by atoms with Crippen LogP contribution in [0.1, 0.15) is 18.6 Å². The fourth-order valence-corrected chi connectivity index (χ4v) is 2.96. The van der Waals surface area contributed by atoms with Crippen molar-refractivity contribution in [2.24, 2.45) is 10.7 Å². The SMILES string of the molecule is CCOC(=O)C1SC(=NC(N)=O)OC1c1ccc(OC)cc1. The third kappa shape index (κ3) is 3.70. The Hall–Kier alpha value is -2.22. The lowest BCUT2D eigenvalue weighted by molar-refractivity contribution is -0.144. The van der Waals surface area contributed by atoms with Gasteiger partial charge in [0, 0.05) is 0 Å². The van der Waals surface area contributed by atoms with Crippen molar-refractivity contribution in [1.82, 2.24) is 0 Å². The number of hydrogen-bond acceptors (Lipinski definition) is 6. The molecule has 118 valence electrons. The van der Waals surface area contributed by atoms with Crippen LogP contribution in [0.15, 0.2) is 29.3 Å². The van der Waals surface area contributed by atoms with Crippen molar-refractivity contribution in [2.75, 3.05) is 13.7 Å². The van der Waals surface area contributed by atoms with E-state index in [1.165, 1.54) is 0 Å². The van der Waals surface area contributed by atoms with E-state index in [0.717, 1.165) is 17.3 Å². The molecule has 22 heavy (non-hydrogen) atoms. The third-order valence-electron chi connectivity index (χ3n) is 2.90. The van der Waals surface area contributed by atoms with Gasteiger partial charge >= 0.3 is 12.0 Å². The standard InChI is InChI=1S/C14H16N2O5S/c1-3-20-12(17)11-10(21-14(22-11)16-13(15)18)8-4-6-9(19-2)7-5-8/h4-7,10-11H,3H2,1-2H3,(H2,15,18). The normalized spacial score (nSPS) is 22.2. The molecule has 0 aliphatic carbocycles. The lowest BCUT2D eigenvalue weighted by Crippen LogP contribution is -2.24. The number of carbonyl (C=O) groups excluding carboxylic acids is 2. The van der Waals surface area contributed by atoms with Crippen molar-refractivity contribution in [2.45, 2.75) is 18.3 Å². The van der Waals surface area contributed by atoms with Gasteiger partial charge in [-0.25, -0.2) is 4.79 Å². The van der Waals surface area contributed by atoms with Gasteiger partial charge in [0.05, 0.1) is 13.7 Å². The summed E-state index contributed by atoms with van der Waals surface area (Å²) in [6.07, 6.45) is -0.604. The number of primary amides is 1. The molecule has 1 aliphatic rings. The highest BCUT2D eigenvalue weighted by atomic mass is 32.2. The molecule has 1 heterocycles. The predicted molar refractivity (Wildman–Crippen MR) is 81.9 cm³/mol. The van der Waals surface area contributed by atoms with Gasteiger partial charge in [0.2, 0.25) is 0 Å². The molecule has 2 unspecified atom stereocenters. The molecule has 2 amide bonds. The minimum absolute atomic E-state index is 0.0615. The van der Waals surface area contributed by atoms with Gasteiger partial charge < -0.3 is 19.9 Å². The first kappa shape index (κ1) is 16.2. The van der Waals surface area contributed by atoms with Crippen molar-refractivity contribution in [3.8, 4) is 5.75 Å². The molecule has 0 saturated carbocycles. The van der Waals surface area contributed by atoms with Crippen molar-refractivity contribution >= 4 is 29.0 Å². The molecule has 0 radical (unpaired) electrons. The highest BCUT2D eigenvalue weighted by Gasteiger charge is 2.42. The predicted octanol–water partition coefficient (Wildman–Crippen LogP) is 1.87. The number of methoxy groups -OCH3 is 1. The van der Waals surface area contributed by atoms with Crippen LogP contribution in [-0.4, -0.2) is 36.2 Å². The van der Waals surface area contributed by atoms with Gasteiger partial charge in [-0.2, -0.15) is 4.99 Å². The Labute approximate surface area is 131 Å². The molecule has 1 aromatic rings. The van der Waals surface area contributed by atoms with Crippen LogP contribution in [0.5, 0.6) is 5.75 Å². The van der Waals surface area contributed by atoms with Gasteiger partial charge in [-0.1, -0.05) is 12.1 Å². The molecular formula is C14H16N2O5S. The number of nitrogens with zero attached hydrogens (tertiary/aromatic N) is 1. The quantitative estimate of drug-likeness (QED) is 0.849. The summed E-state index contributed by atoms with van der Waals surface area (Å²) in [5.74, 6) is 0.260. The molecule has 2 rings (SSSR count). The number of thioether (sulfide) groups is 1. The summed E-state index contributed by atoms with van der Waals surface area (Å²) in [5.41, 5.74) is 5.77. The summed E-state index contributed by atoms with van der Waals surface area (Å²) in [5, 5.41) is -0.585. The molecule has 2 N–H and O–H groups in total. The van der Waals surface area contributed by atoms with Crippen LogP contribution in [0.25, 0.3) is 0 Å². The molecule has 1 aliphatic heterocycles. The van der Waals surface area contributed by atoms with Gasteiger partial charge in [0.1, 0.15) is 11.9 Å². The van der Waals surface area contributed by atoms with E-state index >= 15 is 0 Å². The van der Waals surface area contributed by atoms with Gasteiger partial charge in [-0.05, 0) is 36.4 Å². The van der Waals surface area contributed by atoms with E-state index in [-0.39, 0.29) is 11.8 Å². The topological polar surface area (TPSA) is 100 Å². The third-order valence-corrected chi connectivity index (χ3v) is 3.98. The van der Waals surface area contributed by atoms with Crippen LogP contribution in [0.3, 0.4) is 0 Å². The van der Waals surface area contributed by atoms with Gasteiger partial charge in [0.15, 0.2) is 5.25 Å². The number of hydrogen-bond donors (Lipinski definition) is 1. The lowest BCUT2D eigenvalue weighted by Gasteiger charge is -2.16. The summed E-state index contributed by atoms with van der Waals surface area (Å²) in [6, 6.07) is 6.21. The average Bonchev–Trinajstić information content (AvgIpc) is 2.90. The van der Waals surface area contributed by atoms with E-state index in [4.69, 9.17) is 19.9 Å². The number of carbonyl (C=O) groups is 2. The molecule has 0 aromatic heterocycles. The number of urea groups is 1. The average molecular weight is 324 g/mol. The Morgan fingerprint density at radius 2 is 2.05 bits per heavy atom. The number of nitrogens with two attached hydrogens (primary N) is 1. The number of amides is 2. The molecule has 1 aromatic carbocycles. The smallest absolute Gasteiger partial charge is 0.342 e. The van der Waals surface area contributed by atoms with Crippen LogP contribution in [-0.2, 0) is 14.3 Å². The van der Waals surface area contributed by atoms with E-state index in [2.05, 4.69) is 4.99 Å². The molecule has 2 atom stereocenters.